The molecular weight excluding hydrogens is 325 g/mol. The molecule has 1 aliphatic heterocycles. The molecule has 1 heterocycles. The summed E-state index contributed by atoms with van der Waals surface area (Å²) in [6.07, 6.45) is 1.96. The Morgan fingerprint density at radius 3 is 2.95 bits per heavy atom. The molecule has 0 aliphatic carbocycles. The van der Waals surface area contributed by atoms with E-state index in [1.54, 1.807) is 25.3 Å². The van der Waals surface area contributed by atoms with E-state index >= 15 is 0 Å². The summed E-state index contributed by atoms with van der Waals surface area (Å²) in [6, 6.07) is 5.30. The Morgan fingerprint density at radius 1 is 1.50 bits per heavy atom. The van der Waals surface area contributed by atoms with Crippen LogP contribution in [0.15, 0.2) is 18.2 Å². The lowest BCUT2D eigenvalue weighted by Crippen LogP contribution is -2.50. The number of likely N-dealkylation sites (tertiary alicyclic amines) is 1. The summed E-state index contributed by atoms with van der Waals surface area (Å²) in [5.74, 6) is -0.126. The van der Waals surface area contributed by atoms with E-state index in [1.807, 2.05) is 0 Å². The molecule has 7 heteroatoms. The second kappa shape index (κ2) is 8.13. The van der Waals surface area contributed by atoms with Gasteiger partial charge in [-0.1, -0.05) is 29.3 Å². The van der Waals surface area contributed by atoms with Gasteiger partial charge in [0.1, 0.15) is 0 Å². The summed E-state index contributed by atoms with van der Waals surface area (Å²) in [4.78, 5) is 14.3. The highest BCUT2D eigenvalue weighted by Gasteiger charge is 2.28. The maximum Gasteiger partial charge on any atom is 0.238 e. The van der Waals surface area contributed by atoms with Gasteiger partial charge in [0.05, 0.1) is 28.4 Å². The van der Waals surface area contributed by atoms with Crippen molar-refractivity contribution in [1.82, 2.24) is 4.90 Å². The number of halogens is 2. The summed E-state index contributed by atoms with van der Waals surface area (Å²) in [5.41, 5.74) is 6.34. The Morgan fingerprint density at radius 2 is 2.27 bits per heavy atom. The number of piperidine rings is 1. The standard InChI is InChI=1S/C15H21Cl2N3O2/c1-22-11-5-6-20(10(7-11)8-18)9-14(21)19-13-4-2-3-12(16)15(13)17/h2-4,10-11H,5-9,18H2,1H3,(H,19,21). The number of nitrogens with zero attached hydrogens (tertiary/aromatic N) is 1. The van der Waals surface area contributed by atoms with Gasteiger partial charge in [-0.3, -0.25) is 9.69 Å². The number of carbonyl (C=O) groups is 1. The molecule has 1 fully saturated rings. The van der Waals surface area contributed by atoms with Gasteiger partial charge in [0, 0.05) is 26.2 Å². The molecule has 22 heavy (non-hydrogen) atoms. The molecule has 1 aliphatic rings. The molecule has 1 aromatic carbocycles. The number of hydrogen-bond donors (Lipinski definition) is 2. The summed E-state index contributed by atoms with van der Waals surface area (Å²) in [5, 5.41) is 3.57. The Hall–Kier alpha value is -0.850. The average Bonchev–Trinajstić information content (AvgIpc) is 2.52. The van der Waals surface area contributed by atoms with E-state index in [2.05, 4.69) is 10.2 Å². The van der Waals surface area contributed by atoms with E-state index in [9.17, 15) is 4.79 Å². The third-order valence-corrected chi connectivity index (χ3v) is 4.79. The number of carbonyl (C=O) groups excluding carboxylic acids is 1. The number of amides is 1. The average molecular weight is 346 g/mol. The first-order chi connectivity index (χ1) is 10.5. The summed E-state index contributed by atoms with van der Waals surface area (Å²) in [6.45, 7) is 1.57. The quantitative estimate of drug-likeness (QED) is 0.859. The second-order valence-electron chi connectivity index (χ2n) is 5.39. The monoisotopic (exact) mass is 345 g/mol. The van der Waals surface area contributed by atoms with E-state index in [0.717, 1.165) is 19.4 Å². The molecule has 0 saturated carbocycles. The van der Waals surface area contributed by atoms with Crippen LogP contribution in [0.25, 0.3) is 0 Å². The number of benzene rings is 1. The fourth-order valence-electron chi connectivity index (χ4n) is 2.70. The smallest absolute Gasteiger partial charge is 0.238 e. The van der Waals surface area contributed by atoms with Crippen molar-refractivity contribution in [2.45, 2.75) is 25.0 Å². The maximum absolute atomic E-state index is 12.2. The van der Waals surface area contributed by atoms with Gasteiger partial charge in [-0.15, -0.1) is 0 Å². The summed E-state index contributed by atoms with van der Waals surface area (Å²) < 4.78 is 5.39. The molecule has 1 saturated heterocycles. The van der Waals surface area contributed by atoms with Gasteiger partial charge >= 0.3 is 0 Å². The van der Waals surface area contributed by atoms with Crippen molar-refractivity contribution in [3.63, 3.8) is 0 Å². The van der Waals surface area contributed by atoms with Gasteiger partial charge < -0.3 is 15.8 Å². The molecule has 2 unspecified atom stereocenters. The lowest BCUT2D eigenvalue weighted by Gasteiger charge is -2.37. The van der Waals surface area contributed by atoms with Crippen molar-refractivity contribution in [3.8, 4) is 0 Å². The predicted molar refractivity (Wildman–Crippen MR) is 89.5 cm³/mol. The zero-order valence-corrected chi connectivity index (χ0v) is 14.0. The van der Waals surface area contributed by atoms with Crippen molar-refractivity contribution in [1.29, 1.82) is 0 Å². The molecule has 1 amide bonds. The van der Waals surface area contributed by atoms with Crippen LogP contribution in [0.4, 0.5) is 5.69 Å². The minimum Gasteiger partial charge on any atom is -0.381 e. The fraction of sp³-hybridized carbons (Fsp3) is 0.533. The molecule has 2 rings (SSSR count). The Labute approximate surface area is 140 Å². The molecule has 0 bridgehead atoms. The number of nitrogens with two attached hydrogens (primary N) is 1. The van der Waals surface area contributed by atoms with Gasteiger partial charge in [0.15, 0.2) is 0 Å². The van der Waals surface area contributed by atoms with Crippen LogP contribution in [0.3, 0.4) is 0 Å². The third kappa shape index (κ3) is 4.33. The van der Waals surface area contributed by atoms with Crippen LogP contribution in [0.1, 0.15) is 12.8 Å². The molecule has 0 spiro atoms. The number of methoxy groups -OCH3 is 1. The van der Waals surface area contributed by atoms with Crippen molar-refractivity contribution >= 4 is 34.8 Å². The van der Waals surface area contributed by atoms with Crippen LogP contribution < -0.4 is 11.1 Å². The number of ether oxygens (including phenoxy) is 1. The topological polar surface area (TPSA) is 67.6 Å². The van der Waals surface area contributed by atoms with Gasteiger partial charge in [-0.2, -0.15) is 0 Å². The Bertz CT molecular complexity index is 528. The predicted octanol–water partition coefficient (Wildman–Crippen LogP) is 2.37. The molecule has 0 radical (unpaired) electrons. The zero-order valence-electron chi connectivity index (χ0n) is 12.5. The largest absolute Gasteiger partial charge is 0.381 e. The van der Waals surface area contributed by atoms with Crippen LogP contribution in [-0.4, -0.2) is 49.7 Å². The molecule has 5 nitrogen and oxygen atoms in total. The van der Waals surface area contributed by atoms with Gasteiger partial charge in [-0.05, 0) is 25.0 Å². The summed E-state index contributed by atoms with van der Waals surface area (Å²) in [7, 11) is 1.71. The van der Waals surface area contributed by atoms with Crippen LogP contribution >= 0.6 is 23.2 Å². The van der Waals surface area contributed by atoms with Crippen LogP contribution in [0, 0.1) is 0 Å². The zero-order chi connectivity index (χ0) is 16.1. The molecule has 3 N–H and O–H groups in total. The lowest BCUT2D eigenvalue weighted by molar-refractivity contribution is -0.118. The van der Waals surface area contributed by atoms with E-state index < -0.39 is 0 Å². The van der Waals surface area contributed by atoms with Crippen molar-refractivity contribution < 1.29 is 9.53 Å². The molecular formula is C15H21Cl2N3O2. The van der Waals surface area contributed by atoms with E-state index in [0.29, 0.717) is 22.3 Å². The van der Waals surface area contributed by atoms with Crippen molar-refractivity contribution in [3.05, 3.63) is 28.2 Å². The van der Waals surface area contributed by atoms with Gasteiger partial charge in [-0.25, -0.2) is 0 Å². The lowest BCUT2D eigenvalue weighted by atomic mass is 9.99. The third-order valence-electron chi connectivity index (χ3n) is 3.97. The second-order valence-corrected chi connectivity index (χ2v) is 6.18. The van der Waals surface area contributed by atoms with Crippen LogP contribution in [-0.2, 0) is 9.53 Å². The SMILES string of the molecule is COC1CCN(CC(=O)Nc2cccc(Cl)c2Cl)C(CN)C1. The Balaban J connectivity index is 1.95. The van der Waals surface area contributed by atoms with E-state index in [1.165, 1.54) is 0 Å². The summed E-state index contributed by atoms with van der Waals surface area (Å²) >= 11 is 12.0. The van der Waals surface area contributed by atoms with E-state index in [4.69, 9.17) is 33.7 Å². The van der Waals surface area contributed by atoms with E-state index in [-0.39, 0.29) is 24.6 Å². The maximum atomic E-state index is 12.2. The van der Waals surface area contributed by atoms with Crippen LogP contribution in [0.2, 0.25) is 10.0 Å². The highest BCUT2D eigenvalue weighted by molar-refractivity contribution is 6.43. The number of rotatable bonds is 5. The Kier molecular flexibility index (Phi) is 6.47. The first-order valence-electron chi connectivity index (χ1n) is 7.26. The number of anilines is 1. The van der Waals surface area contributed by atoms with Gasteiger partial charge in [0.25, 0.3) is 0 Å². The number of nitrogens with one attached hydrogen (secondary N) is 1. The van der Waals surface area contributed by atoms with Crippen molar-refractivity contribution in [2.24, 2.45) is 5.73 Å². The number of hydrogen-bond acceptors (Lipinski definition) is 4. The first kappa shape index (κ1) is 17.5. The molecule has 1 aromatic rings. The molecule has 122 valence electrons. The van der Waals surface area contributed by atoms with Crippen LogP contribution in [0.5, 0.6) is 0 Å². The first-order valence-corrected chi connectivity index (χ1v) is 8.01. The normalized spacial score (nSPS) is 22.5. The minimum absolute atomic E-state index is 0.126. The fourth-order valence-corrected chi connectivity index (χ4v) is 3.05. The highest BCUT2D eigenvalue weighted by atomic mass is 35.5. The highest BCUT2D eigenvalue weighted by Crippen LogP contribution is 2.29. The molecule has 2 atom stereocenters. The molecule has 0 aromatic heterocycles. The minimum atomic E-state index is -0.126. The van der Waals surface area contributed by atoms with Crippen molar-refractivity contribution in [2.75, 3.05) is 32.1 Å². The van der Waals surface area contributed by atoms with Gasteiger partial charge in [0.2, 0.25) is 5.91 Å².